The second-order valence-corrected chi connectivity index (χ2v) is 10.1. The molecular formula is C17H23NOS2. The molecule has 0 bridgehead atoms. The Bertz CT molecular complexity index is 684. The number of allylic oxidation sites excluding steroid dienone is 2. The van der Waals surface area contributed by atoms with E-state index in [2.05, 4.69) is 0 Å². The minimum atomic E-state index is -2.46. The monoisotopic (exact) mass is 321 g/mol. The third kappa shape index (κ3) is 3.27. The van der Waals surface area contributed by atoms with Crippen molar-refractivity contribution in [1.29, 1.82) is 0 Å². The molecule has 114 valence electrons. The SMILES string of the molecule is CSC1=CC=CC1S(=O)(=Nc1ccc(C)cc1)C(C)(C)C. The Hall–Kier alpha value is -1.00. The molecule has 2 rings (SSSR count). The second kappa shape index (κ2) is 6.01. The molecule has 0 amide bonds. The molecule has 2 atom stereocenters. The average Bonchev–Trinajstić information content (AvgIpc) is 2.89. The summed E-state index contributed by atoms with van der Waals surface area (Å²) < 4.78 is 18.1. The summed E-state index contributed by atoms with van der Waals surface area (Å²) in [4.78, 5) is 1.13. The van der Waals surface area contributed by atoms with Crippen LogP contribution in [0.3, 0.4) is 0 Å². The van der Waals surface area contributed by atoms with Gasteiger partial charge in [0.2, 0.25) is 0 Å². The van der Waals surface area contributed by atoms with E-state index >= 15 is 0 Å². The molecule has 0 saturated heterocycles. The summed E-state index contributed by atoms with van der Waals surface area (Å²) in [5, 5.41) is -0.117. The van der Waals surface area contributed by atoms with Crippen molar-refractivity contribution in [3.63, 3.8) is 0 Å². The fourth-order valence-corrected chi connectivity index (χ4v) is 5.71. The predicted octanol–water partition coefficient (Wildman–Crippen LogP) is 5.08. The standard InChI is InChI=1S/C17H23NOS2/c1-13-9-11-14(12-10-13)18-21(19,17(2,3)4)16-8-6-7-15(16)20-5/h6-12,16H,1-5H3. The molecule has 1 aromatic carbocycles. The Morgan fingerprint density at radius 3 is 2.33 bits per heavy atom. The fraction of sp³-hybridized carbons (Fsp3) is 0.412. The first-order chi connectivity index (χ1) is 9.78. The van der Waals surface area contributed by atoms with Crippen LogP contribution in [0.2, 0.25) is 0 Å². The zero-order chi connectivity index (χ0) is 15.7. The summed E-state index contributed by atoms with van der Waals surface area (Å²) in [7, 11) is -2.46. The Kier molecular flexibility index (Phi) is 4.69. The van der Waals surface area contributed by atoms with E-state index in [1.54, 1.807) is 11.8 Å². The molecular weight excluding hydrogens is 298 g/mol. The molecule has 0 saturated carbocycles. The summed E-state index contributed by atoms with van der Waals surface area (Å²) in [5.41, 5.74) is 1.97. The average molecular weight is 322 g/mol. The van der Waals surface area contributed by atoms with E-state index < -0.39 is 14.5 Å². The zero-order valence-corrected chi connectivity index (χ0v) is 14.9. The van der Waals surface area contributed by atoms with Crippen molar-refractivity contribution in [2.24, 2.45) is 4.36 Å². The van der Waals surface area contributed by atoms with Gasteiger partial charge in [0.1, 0.15) is 0 Å². The van der Waals surface area contributed by atoms with Crippen LogP contribution in [0.5, 0.6) is 0 Å². The molecule has 0 aliphatic heterocycles. The lowest BCUT2D eigenvalue weighted by Gasteiger charge is -2.29. The lowest BCUT2D eigenvalue weighted by atomic mass is 10.2. The van der Waals surface area contributed by atoms with Crippen LogP contribution in [0.25, 0.3) is 0 Å². The van der Waals surface area contributed by atoms with E-state index in [1.807, 2.05) is 76.4 Å². The van der Waals surface area contributed by atoms with Crippen LogP contribution in [0.1, 0.15) is 26.3 Å². The smallest absolute Gasteiger partial charge is 0.0930 e. The first-order valence-electron chi connectivity index (χ1n) is 7.02. The topological polar surface area (TPSA) is 29.4 Å². The highest BCUT2D eigenvalue weighted by atomic mass is 32.2. The van der Waals surface area contributed by atoms with E-state index in [9.17, 15) is 4.21 Å². The number of hydrogen-bond donors (Lipinski definition) is 0. The molecule has 1 aromatic rings. The third-order valence-corrected chi connectivity index (χ3v) is 7.91. The van der Waals surface area contributed by atoms with Gasteiger partial charge in [0.25, 0.3) is 0 Å². The van der Waals surface area contributed by atoms with Crippen molar-refractivity contribution in [3.8, 4) is 0 Å². The van der Waals surface area contributed by atoms with Gasteiger partial charge >= 0.3 is 0 Å². The van der Waals surface area contributed by atoms with Gasteiger partial charge in [-0.1, -0.05) is 35.9 Å². The van der Waals surface area contributed by atoms with Gasteiger partial charge in [0.15, 0.2) is 0 Å². The van der Waals surface area contributed by atoms with Gasteiger partial charge in [0, 0.05) is 9.65 Å². The maximum atomic E-state index is 13.8. The molecule has 0 aromatic heterocycles. The first kappa shape index (κ1) is 16.4. The minimum Gasteiger partial charge on any atom is -0.248 e. The largest absolute Gasteiger partial charge is 0.248 e. The van der Waals surface area contributed by atoms with Crippen LogP contribution in [0, 0.1) is 6.92 Å². The highest BCUT2D eigenvalue weighted by molar-refractivity contribution is 8.04. The van der Waals surface area contributed by atoms with Crippen LogP contribution in [0.15, 0.2) is 51.8 Å². The predicted molar refractivity (Wildman–Crippen MR) is 95.7 cm³/mol. The number of aryl methyl sites for hydroxylation is 1. The maximum absolute atomic E-state index is 13.8. The fourth-order valence-electron chi connectivity index (χ4n) is 2.23. The van der Waals surface area contributed by atoms with E-state index in [4.69, 9.17) is 4.36 Å². The zero-order valence-electron chi connectivity index (χ0n) is 13.3. The molecule has 4 heteroatoms. The van der Waals surface area contributed by atoms with Gasteiger partial charge in [-0.25, -0.2) is 4.21 Å². The molecule has 0 radical (unpaired) electrons. The molecule has 2 unspecified atom stereocenters. The number of thioether (sulfide) groups is 1. The lowest BCUT2D eigenvalue weighted by Crippen LogP contribution is -2.36. The van der Waals surface area contributed by atoms with Crippen LogP contribution < -0.4 is 0 Å². The molecule has 0 spiro atoms. The molecule has 0 heterocycles. The lowest BCUT2D eigenvalue weighted by molar-refractivity contribution is 0.638. The Labute approximate surface area is 132 Å². The van der Waals surface area contributed by atoms with Crippen molar-refractivity contribution in [2.45, 2.75) is 37.7 Å². The number of benzene rings is 1. The van der Waals surface area contributed by atoms with E-state index in [0.29, 0.717) is 0 Å². The molecule has 0 N–H and O–H groups in total. The number of nitrogens with zero attached hydrogens (tertiary/aromatic N) is 1. The quantitative estimate of drug-likeness (QED) is 0.777. The number of rotatable bonds is 3. The molecule has 0 fully saturated rings. The summed E-state index contributed by atoms with van der Waals surface area (Å²) in [5.74, 6) is 0. The Morgan fingerprint density at radius 1 is 1.19 bits per heavy atom. The van der Waals surface area contributed by atoms with E-state index in [-0.39, 0.29) is 5.25 Å². The summed E-state index contributed by atoms with van der Waals surface area (Å²) in [6.07, 6.45) is 8.09. The highest BCUT2D eigenvalue weighted by Gasteiger charge is 2.36. The molecule has 1 aliphatic carbocycles. The molecule has 21 heavy (non-hydrogen) atoms. The summed E-state index contributed by atoms with van der Waals surface area (Å²) in [6, 6.07) is 7.91. The second-order valence-electron chi connectivity index (χ2n) is 6.19. The third-order valence-electron chi connectivity index (χ3n) is 3.56. The van der Waals surface area contributed by atoms with Crippen molar-refractivity contribution < 1.29 is 4.21 Å². The van der Waals surface area contributed by atoms with Crippen molar-refractivity contribution in [1.82, 2.24) is 0 Å². The molecule has 2 nitrogen and oxygen atoms in total. The minimum absolute atomic E-state index is 0.117. The molecule has 1 aliphatic rings. The van der Waals surface area contributed by atoms with E-state index in [1.165, 1.54) is 5.56 Å². The van der Waals surface area contributed by atoms with Crippen molar-refractivity contribution in [2.75, 3.05) is 6.26 Å². The summed E-state index contributed by atoms with van der Waals surface area (Å²) >= 11 is 1.66. The van der Waals surface area contributed by atoms with Crippen LogP contribution in [-0.4, -0.2) is 20.5 Å². The normalized spacial score (nSPS) is 21.0. The van der Waals surface area contributed by atoms with Crippen molar-refractivity contribution in [3.05, 3.63) is 53.0 Å². The van der Waals surface area contributed by atoms with E-state index in [0.717, 1.165) is 10.6 Å². The number of hydrogen-bond acceptors (Lipinski definition) is 3. The van der Waals surface area contributed by atoms with Gasteiger partial charge in [-0.05, 0) is 46.1 Å². The first-order valence-corrected chi connectivity index (χ1v) is 9.83. The highest BCUT2D eigenvalue weighted by Crippen LogP contribution is 2.37. The van der Waals surface area contributed by atoms with Gasteiger partial charge in [-0.2, -0.15) is 4.36 Å². The van der Waals surface area contributed by atoms with Crippen molar-refractivity contribution >= 4 is 27.2 Å². The maximum Gasteiger partial charge on any atom is 0.0930 e. The van der Waals surface area contributed by atoms with Gasteiger partial charge < -0.3 is 0 Å². The van der Waals surface area contributed by atoms with Crippen LogP contribution >= 0.6 is 11.8 Å². The Morgan fingerprint density at radius 2 is 1.81 bits per heavy atom. The van der Waals surface area contributed by atoms with Crippen LogP contribution in [-0.2, 0) is 9.73 Å². The van der Waals surface area contributed by atoms with Crippen LogP contribution in [0.4, 0.5) is 5.69 Å². The summed E-state index contributed by atoms with van der Waals surface area (Å²) in [6.45, 7) is 8.07. The Balaban J connectivity index is 2.59. The van der Waals surface area contributed by atoms with Gasteiger partial charge in [-0.15, -0.1) is 11.8 Å². The van der Waals surface area contributed by atoms with Gasteiger partial charge in [0.05, 0.1) is 20.7 Å². The van der Waals surface area contributed by atoms with Gasteiger partial charge in [-0.3, -0.25) is 0 Å².